The van der Waals surface area contributed by atoms with Gasteiger partial charge in [-0.1, -0.05) is 43.0 Å². The van der Waals surface area contributed by atoms with Crippen LogP contribution in [0, 0.1) is 6.92 Å². The molecule has 0 fully saturated rings. The second kappa shape index (κ2) is 10.2. The van der Waals surface area contributed by atoms with Gasteiger partial charge in [-0.3, -0.25) is 14.7 Å². The van der Waals surface area contributed by atoms with E-state index in [0.717, 1.165) is 22.5 Å². The van der Waals surface area contributed by atoms with Crippen LogP contribution in [0.15, 0.2) is 46.9 Å². The molecular formula is C20H23N5O2S2. The van der Waals surface area contributed by atoms with Gasteiger partial charge in [0.05, 0.1) is 17.2 Å². The van der Waals surface area contributed by atoms with Crippen LogP contribution in [0.3, 0.4) is 0 Å². The number of carbonyl (C=O) groups excluding carboxylic acids is 2. The summed E-state index contributed by atoms with van der Waals surface area (Å²) in [5.74, 6) is 0.556. The molecular weight excluding hydrogens is 406 g/mol. The number of hydrogen-bond acceptors (Lipinski definition) is 6. The molecule has 7 nitrogen and oxygen atoms in total. The summed E-state index contributed by atoms with van der Waals surface area (Å²) in [6, 6.07) is 11.5. The normalized spacial score (nSPS) is 10.7. The molecule has 0 saturated carbocycles. The molecule has 2 heterocycles. The number of thioether (sulfide) groups is 1. The van der Waals surface area contributed by atoms with Crippen LogP contribution in [0.25, 0.3) is 10.7 Å². The Bertz CT molecular complexity index is 955. The number of para-hydroxylation sites is 1. The standard InChI is InChI=1S/C20H23N5O2S2/c1-3-10-25(12-17(26)21-15-8-5-4-7-14(15)2)18(27)13-29-20-22-19(23-24-20)16-9-6-11-28-16/h4-9,11H,3,10,12-13H2,1-2H3,(H,21,26)(H,22,23,24). The predicted molar refractivity (Wildman–Crippen MR) is 117 cm³/mol. The molecule has 3 rings (SSSR count). The fraction of sp³-hybridized carbons (Fsp3) is 0.300. The van der Waals surface area contributed by atoms with Crippen molar-refractivity contribution >= 4 is 40.6 Å². The fourth-order valence-corrected chi connectivity index (χ4v) is 4.06. The number of anilines is 1. The number of nitrogens with one attached hydrogen (secondary N) is 2. The molecule has 2 N–H and O–H groups in total. The van der Waals surface area contributed by atoms with Crippen molar-refractivity contribution in [1.29, 1.82) is 0 Å². The van der Waals surface area contributed by atoms with Crippen molar-refractivity contribution in [3.8, 4) is 10.7 Å². The lowest BCUT2D eigenvalue weighted by molar-refractivity contribution is -0.132. The minimum atomic E-state index is -0.205. The highest BCUT2D eigenvalue weighted by Gasteiger charge is 2.18. The molecule has 0 spiro atoms. The van der Waals surface area contributed by atoms with Crippen molar-refractivity contribution in [1.82, 2.24) is 20.1 Å². The van der Waals surface area contributed by atoms with Gasteiger partial charge in [-0.25, -0.2) is 4.98 Å². The highest BCUT2D eigenvalue weighted by Crippen LogP contribution is 2.23. The maximum absolute atomic E-state index is 12.7. The molecule has 0 unspecified atom stereocenters. The van der Waals surface area contributed by atoms with E-state index in [2.05, 4.69) is 20.5 Å². The van der Waals surface area contributed by atoms with E-state index >= 15 is 0 Å². The number of rotatable bonds is 9. The topological polar surface area (TPSA) is 91.0 Å². The molecule has 2 aromatic heterocycles. The Hall–Kier alpha value is -2.65. The Balaban J connectivity index is 1.55. The zero-order valence-electron chi connectivity index (χ0n) is 16.3. The number of benzene rings is 1. The van der Waals surface area contributed by atoms with Crippen molar-refractivity contribution < 1.29 is 9.59 Å². The largest absolute Gasteiger partial charge is 0.333 e. The van der Waals surface area contributed by atoms with Crippen LogP contribution in [-0.4, -0.2) is 50.7 Å². The zero-order chi connectivity index (χ0) is 20.6. The van der Waals surface area contributed by atoms with Gasteiger partial charge in [0.1, 0.15) is 0 Å². The third-order valence-corrected chi connectivity index (χ3v) is 5.85. The Kier molecular flexibility index (Phi) is 7.42. The van der Waals surface area contributed by atoms with Crippen LogP contribution in [0.5, 0.6) is 0 Å². The summed E-state index contributed by atoms with van der Waals surface area (Å²) in [6.45, 7) is 4.46. The van der Waals surface area contributed by atoms with Gasteiger partial charge in [-0.2, -0.15) is 0 Å². The molecule has 29 heavy (non-hydrogen) atoms. The number of thiophene rings is 1. The number of H-pyrrole nitrogens is 1. The summed E-state index contributed by atoms with van der Waals surface area (Å²) >= 11 is 2.83. The molecule has 9 heteroatoms. The smallest absolute Gasteiger partial charge is 0.244 e. The highest BCUT2D eigenvalue weighted by molar-refractivity contribution is 7.99. The Morgan fingerprint density at radius 3 is 2.79 bits per heavy atom. The van der Waals surface area contributed by atoms with Crippen LogP contribution in [-0.2, 0) is 9.59 Å². The molecule has 0 saturated heterocycles. The summed E-state index contributed by atoms with van der Waals surface area (Å²) in [5, 5.41) is 12.4. The van der Waals surface area contributed by atoms with Crippen LogP contribution < -0.4 is 5.32 Å². The van der Waals surface area contributed by atoms with Crippen LogP contribution >= 0.6 is 23.1 Å². The second-order valence-corrected chi connectivity index (χ2v) is 8.30. The van der Waals surface area contributed by atoms with Crippen molar-refractivity contribution in [3.63, 3.8) is 0 Å². The quantitative estimate of drug-likeness (QED) is 0.505. The van der Waals surface area contributed by atoms with E-state index in [1.165, 1.54) is 11.8 Å². The number of carbonyl (C=O) groups is 2. The third kappa shape index (κ3) is 5.91. The number of hydrogen-bond donors (Lipinski definition) is 2. The van der Waals surface area contributed by atoms with E-state index in [9.17, 15) is 9.59 Å². The molecule has 2 amide bonds. The van der Waals surface area contributed by atoms with Crippen molar-refractivity contribution in [2.75, 3.05) is 24.2 Å². The average Bonchev–Trinajstić information content (AvgIpc) is 3.39. The Labute approximate surface area is 177 Å². The van der Waals surface area contributed by atoms with Gasteiger partial charge >= 0.3 is 0 Å². The van der Waals surface area contributed by atoms with E-state index in [4.69, 9.17) is 0 Å². The lowest BCUT2D eigenvalue weighted by Gasteiger charge is -2.21. The maximum Gasteiger partial charge on any atom is 0.244 e. The predicted octanol–water partition coefficient (Wildman–Crippen LogP) is 3.81. The molecule has 0 radical (unpaired) electrons. The lowest BCUT2D eigenvalue weighted by Crippen LogP contribution is -2.39. The van der Waals surface area contributed by atoms with Crippen molar-refractivity contribution in [3.05, 3.63) is 47.3 Å². The van der Waals surface area contributed by atoms with Gasteiger partial charge in [0.15, 0.2) is 5.82 Å². The van der Waals surface area contributed by atoms with Gasteiger partial charge in [0.25, 0.3) is 0 Å². The summed E-state index contributed by atoms with van der Waals surface area (Å²) < 4.78 is 0. The first-order valence-electron chi connectivity index (χ1n) is 9.29. The first kappa shape index (κ1) is 21.1. The summed E-state index contributed by atoms with van der Waals surface area (Å²) in [7, 11) is 0. The van der Waals surface area contributed by atoms with Gasteiger partial charge in [0, 0.05) is 12.2 Å². The van der Waals surface area contributed by atoms with E-state index in [1.807, 2.05) is 55.6 Å². The number of amides is 2. The summed E-state index contributed by atoms with van der Waals surface area (Å²) in [6.07, 6.45) is 0.775. The Morgan fingerprint density at radius 2 is 2.07 bits per heavy atom. The first-order chi connectivity index (χ1) is 14.1. The zero-order valence-corrected chi connectivity index (χ0v) is 18.0. The SMILES string of the molecule is CCCN(CC(=O)Nc1ccccc1C)C(=O)CSc1n[nH]c(-c2cccs2)n1. The molecule has 3 aromatic rings. The number of aromatic nitrogens is 3. The minimum Gasteiger partial charge on any atom is -0.333 e. The molecule has 0 atom stereocenters. The average molecular weight is 430 g/mol. The van der Waals surface area contributed by atoms with E-state index < -0.39 is 0 Å². The molecule has 152 valence electrons. The minimum absolute atomic E-state index is 0.0238. The molecule has 0 aliphatic heterocycles. The summed E-state index contributed by atoms with van der Waals surface area (Å²) in [5.41, 5.74) is 1.74. The Morgan fingerprint density at radius 1 is 1.24 bits per heavy atom. The van der Waals surface area contributed by atoms with Crippen LogP contribution in [0.2, 0.25) is 0 Å². The van der Waals surface area contributed by atoms with Gasteiger partial charge < -0.3 is 10.2 Å². The molecule has 0 bridgehead atoms. The van der Waals surface area contributed by atoms with Gasteiger partial charge in [-0.15, -0.1) is 16.4 Å². The van der Waals surface area contributed by atoms with Crippen molar-refractivity contribution in [2.45, 2.75) is 25.4 Å². The maximum atomic E-state index is 12.7. The molecule has 0 aliphatic carbocycles. The fourth-order valence-electron chi connectivity index (χ4n) is 2.69. The lowest BCUT2D eigenvalue weighted by atomic mass is 10.2. The van der Waals surface area contributed by atoms with Crippen LogP contribution in [0.1, 0.15) is 18.9 Å². The first-order valence-corrected chi connectivity index (χ1v) is 11.2. The number of aryl methyl sites for hydroxylation is 1. The van der Waals surface area contributed by atoms with Crippen LogP contribution in [0.4, 0.5) is 5.69 Å². The van der Waals surface area contributed by atoms with E-state index in [-0.39, 0.29) is 24.1 Å². The van der Waals surface area contributed by atoms with Gasteiger partial charge in [-0.05, 0) is 36.4 Å². The summed E-state index contributed by atoms with van der Waals surface area (Å²) in [4.78, 5) is 32.1. The number of nitrogens with zero attached hydrogens (tertiary/aromatic N) is 3. The van der Waals surface area contributed by atoms with E-state index in [1.54, 1.807) is 16.2 Å². The molecule has 0 aliphatic rings. The number of aromatic amines is 1. The van der Waals surface area contributed by atoms with Gasteiger partial charge in [0.2, 0.25) is 17.0 Å². The van der Waals surface area contributed by atoms with E-state index in [0.29, 0.717) is 17.5 Å². The highest BCUT2D eigenvalue weighted by atomic mass is 32.2. The molecule has 1 aromatic carbocycles. The monoisotopic (exact) mass is 429 g/mol. The third-order valence-electron chi connectivity index (χ3n) is 4.14. The second-order valence-electron chi connectivity index (χ2n) is 6.41. The van der Waals surface area contributed by atoms with Crippen molar-refractivity contribution in [2.24, 2.45) is 0 Å².